The smallest absolute Gasteiger partial charge is 0.142 e. The highest BCUT2D eigenvalue weighted by atomic mass is 19.1. The Morgan fingerprint density at radius 1 is 1.21 bits per heavy atom. The molecule has 1 aliphatic rings. The fourth-order valence-corrected chi connectivity index (χ4v) is 3.32. The minimum Gasteiger partial charge on any atom is -0.494 e. The molecule has 1 nitrogen and oxygen atoms in total. The Morgan fingerprint density at radius 2 is 2.00 bits per heavy atom. The van der Waals surface area contributed by atoms with Crippen LogP contribution in [0.1, 0.15) is 64.4 Å². The van der Waals surface area contributed by atoms with Crippen LogP contribution in [-0.4, -0.2) is 6.61 Å². The minimum absolute atomic E-state index is 0.321. The Hall–Kier alpha value is -1.75. The molecule has 1 aromatic carbocycles. The van der Waals surface area contributed by atoms with E-state index in [0.717, 1.165) is 5.92 Å². The van der Waals surface area contributed by atoms with Gasteiger partial charge in [0.2, 0.25) is 0 Å². The molecule has 0 radical (unpaired) electrons. The van der Waals surface area contributed by atoms with E-state index in [1.165, 1.54) is 51.0 Å². The van der Waals surface area contributed by atoms with Gasteiger partial charge in [0, 0.05) is 6.07 Å². The molecule has 1 aromatic rings. The maximum Gasteiger partial charge on any atom is 0.142 e. The molecule has 2 heteroatoms. The second-order valence-electron chi connectivity index (χ2n) is 6.63. The molecular formula is C22H29FO. The molecule has 0 N–H and O–H groups in total. The van der Waals surface area contributed by atoms with Crippen molar-refractivity contribution in [3.05, 3.63) is 41.7 Å². The number of hydrogen-bond acceptors (Lipinski definition) is 1. The second-order valence-corrected chi connectivity index (χ2v) is 6.63. The predicted molar refractivity (Wildman–Crippen MR) is 98.6 cm³/mol. The van der Waals surface area contributed by atoms with Crippen LogP contribution in [0.15, 0.2) is 30.4 Å². The van der Waals surface area contributed by atoms with Gasteiger partial charge < -0.3 is 4.74 Å². The third kappa shape index (κ3) is 6.04. The Bertz CT molecular complexity index is 586. The molecule has 1 aliphatic carbocycles. The highest BCUT2D eigenvalue weighted by Crippen LogP contribution is 2.32. The summed E-state index contributed by atoms with van der Waals surface area (Å²) in [7, 11) is 0. The van der Waals surface area contributed by atoms with E-state index in [2.05, 4.69) is 24.8 Å². The SMILES string of the molecule is CCCCC1CCC(/C=C/C#Cc2ccc(OCC)cc2F)CC1. The Labute approximate surface area is 146 Å². The van der Waals surface area contributed by atoms with Crippen molar-refractivity contribution in [3.8, 4) is 17.6 Å². The van der Waals surface area contributed by atoms with Gasteiger partial charge in [-0.1, -0.05) is 44.1 Å². The third-order valence-electron chi connectivity index (χ3n) is 4.77. The lowest BCUT2D eigenvalue weighted by atomic mass is 9.80. The van der Waals surface area contributed by atoms with Gasteiger partial charge in [-0.05, 0) is 62.7 Å². The normalized spacial score (nSPS) is 20.6. The van der Waals surface area contributed by atoms with Crippen molar-refractivity contribution in [1.82, 2.24) is 0 Å². The number of ether oxygens (including phenoxy) is 1. The fourth-order valence-electron chi connectivity index (χ4n) is 3.32. The third-order valence-corrected chi connectivity index (χ3v) is 4.77. The molecule has 1 saturated carbocycles. The van der Waals surface area contributed by atoms with E-state index in [0.29, 0.717) is 23.8 Å². The largest absolute Gasteiger partial charge is 0.494 e. The number of unbranched alkanes of at least 4 members (excludes halogenated alkanes) is 1. The van der Waals surface area contributed by atoms with Crippen molar-refractivity contribution in [2.75, 3.05) is 6.61 Å². The zero-order valence-electron chi connectivity index (χ0n) is 15.0. The standard InChI is InChI=1S/C22H29FO/c1-3-5-8-18-11-13-19(14-12-18)9-6-7-10-20-15-16-21(24-4-2)17-22(20)23/h6,9,15-19H,3-5,8,11-14H2,1-2H3/b9-6+. The van der Waals surface area contributed by atoms with Crippen LogP contribution in [0.3, 0.4) is 0 Å². The maximum absolute atomic E-state index is 13.9. The lowest BCUT2D eigenvalue weighted by Gasteiger charge is -2.26. The number of benzene rings is 1. The second kappa shape index (κ2) is 10.2. The van der Waals surface area contributed by atoms with E-state index in [-0.39, 0.29) is 5.82 Å². The lowest BCUT2D eigenvalue weighted by Crippen LogP contribution is -2.12. The van der Waals surface area contributed by atoms with Crippen molar-refractivity contribution in [3.63, 3.8) is 0 Å². The average Bonchev–Trinajstić information content (AvgIpc) is 2.60. The zero-order chi connectivity index (χ0) is 17.2. The maximum atomic E-state index is 13.9. The molecule has 1 fully saturated rings. The summed E-state index contributed by atoms with van der Waals surface area (Å²) in [6, 6.07) is 4.84. The van der Waals surface area contributed by atoms with Gasteiger partial charge in [0.05, 0.1) is 12.2 Å². The average molecular weight is 328 g/mol. The summed E-state index contributed by atoms with van der Waals surface area (Å²) in [5.74, 6) is 7.67. The van der Waals surface area contributed by atoms with E-state index in [4.69, 9.17) is 4.74 Å². The summed E-state index contributed by atoms with van der Waals surface area (Å²) >= 11 is 0. The lowest BCUT2D eigenvalue weighted by molar-refractivity contribution is 0.291. The van der Waals surface area contributed by atoms with Crippen LogP contribution in [-0.2, 0) is 0 Å². The zero-order valence-corrected chi connectivity index (χ0v) is 15.0. The van der Waals surface area contributed by atoms with Gasteiger partial charge in [0.25, 0.3) is 0 Å². The summed E-state index contributed by atoms with van der Waals surface area (Å²) in [6.07, 6.45) is 13.4. The first-order valence-electron chi connectivity index (χ1n) is 9.33. The first-order chi connectivity index (χ1) is 11.7. The van der Waals surface area contributed by atoms with Crippen LogP contribution in [0.5, 0.6) is 5.75 Å². The van der Waals surface area contributed by atoms with Gasteiger partial charge in [-0.15, -0.1) is 0 Å². The fraction of sp³-hybridized carbons (Fsp3) is 0.545. The predicted octanol–water partition coefficient (Wildman–Crippen LogP) is 6.13. The number of hydrogen-bond donors (Lipinski definition) is 0. The van der Waals surface area contributed by atoms with Gasteiger partial charge in [0.1, 0.15) is 11.6 Å². The van der Waals surface area contributed by atoms with Crippen molar-refractivity contribution in [2.24, 2.45) is 11.8 Å². The summed E-state index contributed by atoms with van der Waals surface area (Å²) in [5.41, 5.74) is 0.423. The van der Waals surface area contributed by atoms with Crippen molar-refractivity contribution in [1.29, 1.82) is 0 Å². The molecule has 0 amide bonds. The van der Waals surface area contributed by atoms with E-state index < -0.39 is 0 Å². The molecule has 0 spiro atoms. The molecule has 130 valence electrons. The van der Waals surface area contributed by atoms with Crippen molar-refractivity contribution in [2.45, 2.75) is 58.8 Å². The van der Waals surface area contributed by atoms with Gasteiger partial charge in [0.15, 0.2) is 0 Å². The van der Waals surface area contributed by atoms with Crippen molar-refractivity contribution < 1.29 is 9.13 Å². The molecule has 0 aromatic heterocycles. The van der Waals surface area contributed by atoms with E-state index in [9.17, 15) is 4.39 Å². The molecule has 0 bridgehead atoms. The Balaban J connectivity index is 1.82. The quantitative estimate of drug-likeness (QED) is 0.571. The molecule has 0 saturated heterocycles. The van der Waals surface area contributed by atoms with Crippen LogP contribution in [0.25, 0.3) is 0 Å². The summed E-state index contributed by atoms with van der Waals surface area (Å²) in [5, 5.41) is 0. The molecule has 24 heavy (non-hydrogen) atoms. The summed E-state index contributed by atoms with van der Waals surface area (Å²) in [4.78, 5) is 0. The van der Waals surface area contributed by atoms with Crippen molar-refractivity contribution >= 4 is 0 Å². The van der Waals surface area contributed by atoms with Gasteiger partial charge in [-0.2, -0.15) is 0 Å². The Kier molecular flexibility index (Phi) is 7.89. The highest BCUT2D eigenvalue weighted by Gasteiger charge is 2.18. The first kappa shape index (κ1) is 18.6. The number of rotatable bonds is 6. The van der Waals surface area contributed by atoms with Gasteiger partial charge >= 0.3 is 0 Å². The summed E-state index contributed by atoms with van der Waals surface area (Å²) in [6.45, 7) is 4.68. The molecule has 0 heterocycles. The monoisotopic (exact) mass is 328 g/mol. The number of allylic oxidation sites excluding steroid dienone is 2. The van der Waals surface area contributed by atoms with Crippen LogP contribution in [0, 0.1) is 29.5 Å². The molecule has 0 atom stereocenters. The van der Waals surface area contributed by atoms with E-state index in [1.807, 2.05) is 13.0 Å². The van der Waals surface area contributed by atoms with Gasteiger partial charge in [-0.25, -0.2) is 4.39 Å². The van der Waals surface area contributed by atoms with Crippen LogP contribution < -0.4 is 4.74 Å². The molecule has 0 aliphatic heterocycles. The first-order valence-corrected chi connectivity index (χ1v) is 9.33. The molecule has 2 rings (SSSR count). The van der Waals surface area contributed by atoms with Crippen LogP contribution >= 0.6 is 0 Å². The Morgan fingerprint density at radius 3 is 2.67 bits per heavy atom. The van der Waals surface area contributed by atoms with Gasteiger partial charge in [-0.3, -0.25) is 0 Å². The van der Waals surface area contributed by atoms with Crippen LogP contribution in [0.2, 0.25) is 0 Å². The highest BCUT2D eigenvalue weighted by molar-refractivity contribution is 5.41. The summed E-state index contributed by atoms with van der Waals surface area (Å²) < 4.78 is 19.2. The van der Waals surface area contributed by atoms with E-state index >= 15 is 0 Å². The molecule has 0 unspecified atom stereocenters. The number of halogens is 1. The topological polar surface area (TPSA) is 9.23 Å². The molecular weight excluding hydrogens is 299 g/mol. The van der Waals surface area contributed by atoms with E-state index in [1.54, 1.807) is 12.1 Å². The minimum atomic E-state index is -0.321. The van der Waals surface area contributed by atoms with Crippen LogP contribution in [0.4, 0.5) is 4.39 Å².